The van der Waals surface area contributed by atoms with Crippen LogP contribution in [0.3, 0.4) is 0 Å². The molecule has 2 aromatic carbocycles. The highest BCUT2D eigenvalue weighted by Gasteiger charge is 1.96. The summed E-state index contributed by atoms with van der Waals surface area (Å²) in [6.07, 6.45) is 14.5. The first-order valence-electron chi connectivity index (χ1n) is 10.8. The van der Waals surface area contributed by atoms with E-state index < -0.39 is 0 Å². The molecular formula is C30H30. The number of benzene rings is 2. The Morgan fingerprint density at radius 2 is 1.07 bits per heavy atom. The number of hydrogen-bond donors (Lipinski definition) is 0. The van der Waals surface area contributed by atoms with Gasteiger partial charge >= 0.3 is 0 Å². The van der Waals surface area contributed by atoms with Crippen molar-refractivity contribution in [3.8, 4) is 35.5 Å². The lowest BCUT2D eigenvalue weighted by Crippen LogP contribution is -1.84. The van der Waals surface area contributed by atoms with Crippen LogP contribution in [0.5, 0.6) is 0 Å². The van der Waals surface area contributed by atoms with Crippen molar-refractivity contribution in [3.05, 3.63) is 82.9 Å². The van der Waals surface area contributed by atoms with Crippen LogP contribution in [0.25, 0.3) is 12.2 Å². The Bertz CT molecular complexity index is 947. The third-order valence-corrected chi connectivity index (χ3v) is 4.46. The first-order chi connectivity index (χ1) is 14.8. The summed E-state index contributed by atoms with van der Waals surface area (Å²) < 4.78 is 0. The summed E-state index contributed by atoms with van der Waals surface area (Å²) in [4.78, 5) is 0. The highest BCUT2D eigenvalue weighted by molar-refractivity contribution is 5.65. The molecule has 0 heterocycles. The highest BCUT2D eigenvalue weighted by atomic mass is 14.0. The average Bonchev–Trinajstić information content (AvgIpc) is 2.78. The molecule has 2 rings (SSSR count). The zero-order chi connectivity index (χ0) is 21.3. The van der Waals surface area contributed by atoms with Crippen LogP contribution in [-0.4, -0.2) is 0 Å². The van der Waals surface area contributed by atoms with E-state index in [1.165, 1.54) is 12.8 Å². The molecule has 0 spiro atoms. The predicted octanol–water partition coefficient (Wildman–Crippen LogP) is 7.50. The second kappa shape index (κ2) is 14.6. The van der Waals surface area contributed by atoms with E-state index in [1.54, 1.807) is 0 Å². The average molecular weight is 391 g/mol. The minimum atomic E-state index is 0.954. The lowest BCUT2D eigenvalue weighted by Gasteiger charge is -1.99. The van der Waals surface area contributed by atoms with Crippen molar-refractivity contribution < 1.29 is 0 Å². The second-order valence-corrected chi connectivity index (χ2v) is 6.94. The molecule has 0 fully saturated rings. The molecule has 2 aromatic rings. The Morgan fingerprint density at radius 1 is 0.633 bits per heavy atom. The molecule has 0 aromatic heterocycles. The maximum atomic E-state index is 3.33. The van der Waals surface area contributed by atoms with Gasteiger partial charge in [-0.15, -0.1) is 0 Å². The second-order valence-electron chi connectivity index (χ2n) is 6.94. The Morgan fingerprint density at radius 3 is 1.50 bits per heavy atom. The molecule has 0 heteroatoms. The Labute approximate surface area is 183 Å². The standard InChI is InChI=1S/C30H30/c1-3-5-7-9-11-13-19-27-21-15-17-23-29(27)25-26-30-24-18-16-22-28(30)20-14-12-10-8-6-4-2/h13-24H,3-8H2,1-2H3/b19-13-,20-14-. The van der Waals surface area contributed by atoms with Crippen molar-refractivity contribution in [2.45, 2.75) is 52.4 Å². The van der Waals surface area contributed by atoms with Gasteiger partial charge in [0.25, 0.3) is 0 Å². The number of unbranched alkanes of at least 4 members (excludes halogenated alkanes) is 4. The van der Waals surface area contributed by atoms with Crippen molar-refractivity contribution >= 4 is 12.2 Å². The van der Waals surface area contributed by atoms with Crippen molar-refractivity contribution in [3.63, 3.8) is 0 Å². The summed E-state index contributed by atoms with van der Waals surface area (Å²) in [5.41, 5.74) is 4.18. The Balaban J connectivity index is 2.16. The normalized spacial score (nSPS) is 10.1. The van der Waals surface area contributed by atoms with E-state index in [9.17, 15) is 0 Å². The maximum absolute atomic E-state index is 3.33. The van der Waals surface area contributed by atoms with Crippen LogP contribution in [0, 0.1) is 35.5 Å². The van der Waals surface area contributed by atoms with Gasteiger partial charge in [0.05, 0.1) is 0 Å². The van der Waals surface area contributed by atoms with Crippen LogP contribution in [-0.2, 0) is 0 Å². The number of allylic oxidation sites excluding steroid dienone is 2. The van der Waals surface area contributed by atoms with E-state index in [1.807, 2.05) is 48.6 Å². The molecule has 0 N–H and O–H groups in total. The van der Waals surface area contributed by atoms with Crippen molar-refractivity contribution in [1.82, 2.24) is 0 Å². The van der Waals surface area contributed by atoms with E-state index in [0.717, 1.165) is 47.9 Å². The van der Waals surface area contributed by atoms with E-state index in [2.05, 4.69) is 73.6 Å². The number of hydrogen-bond acceptors (Lipinski definition) is 0. The van der Waals surface area contributed by atoms with Gasteiger partial charge in [0.15, 0.2) is 0 Å². The van der Waals surface area contributed by atoms with Gasteiger partial charge in [-0.05, 0) is 60.4 Å². The zero-order valence-corrected chi connectivity index (χ0v) is 18.2. The SMILES string of the molecule is CCCCC#C/C=C\c1ccccc1C#Cc1ccccc1/C=C\C#CCCCC. The molecule has 0 radical (unpaired) electrons. The third kappa shape index (κ3) is 8.74. The molecule has 0 unspecified atom stereocenters. The fraction of sp³-hybridized carbons (Fsp3) is 0.267. The summed E-state index contributed by atoms with van der Waals surface area (Å²) in [6.45, 7) is 4.36. The lowest BCUT2D eigenvalue weighted by atomic mass is 10.0. The Hall–Kier alpha value is -3.40. The lowest BCUT2D eigenvalue weighted by molar-refractivity contribution is 0.828. The van der Waals surface area contributed by atoms with E-state index in [4.69, 9.17) is 0 Å². The molecule has 0 atom stereocenters. The van der Waals surface area contributed by atoms with Crippen LogP contribution in [0.1, 0.15) is 74.6 Å². The minimum Gasteiger partial charge on any atom is -0.0985 e. The van der Waals surface area contributed by atoms with Gasteiger partial charge in [0.2, 0.25) is 0 Å². The maximum Gasteiger partial charge on any atom is 0.0321 e. The van der Waals surface area contributed by atoms with E-state index in [0.29, 0.717) is 0 Å². The van der Waals surface area contributed by atoms with Gasteiger partial charge < -0.3 is 0 Å². The molecule has 0 nitrogen and oxygen atoms in total. The van der Waals surface area contributed by atoms with Crippen molar-refractivity contribution in [1.29, 1.82) is 0 Å². The summed E-state index contributed by atoms with van der Waals surface area (Å²) in [7, 11) is 0. The van der Waals surface area contributed by atoms with Gasteiger partial charge in [-0.2, -0.15) is 0 Å². The van der Waals surface area contributed by atoms with Gasteiger partial charge in [0.1, 0.15) is 0 Å². The molecule has 0 aliphatic rings. The minimum absolute atomic E-state index is 0.954. The highest BCUT2D eigenvalue weighted by Crippen LogP contribution is 2.12. The topological polar surface area (TPSA) is 0 Å². The summed E-state index contributed by atoms with van der Waals surface area (Å²) in [6, 6.07) is 16.4. The number of rotatable bonds is 6. The molecule has 0 amide bonds. The Kier molecular flexibility index (Phi) is 11.1. The van der Waals surface area contributed by atoms with Gasteiger partial charge in [0, 0.05) is 24.0 Å². The van der Waals surface area contributed by atoms with Gasteiger partial charge in [-0.25, -0.2) is 0 Å². The molecule has 0 aliphatic heterocycles. The fourth-order valence-electron chi connectivity index (χ4n) is 2.70. The molecule has 0 aliphatic carbocycles. The largest absolute Gasteiger partial charge is 0.0985 e. The van der Waals surface area contributed by atoms with Gasteiger partial charge in [-0.3, -0.25) is 0 Å². The summed E-state index contributed by atoms with van der Waals surface area (Å²) in [5, 5.41) is 0. The van der Waals surface area contributed by atoms with Crippen molar-refractivity contribution in [2.75, 3.05) is 0 Å². The monoisotopic (exact) mass is 390 g/mol. The summed E-state index contributed by atoms with van der Waals surface area (Å²) in [5.74, 6) is 19.3. The molecule has 150 valence electrons. The molecule has 0 saturated carbocycles. The predicted molar refractivity (Wildman–Crippen MR) is 132 cm³/mol. The van der Waals surface area contributed by atoms with Crippen LogP contribution >= 0.6 is 0 Å². The third-order valence-electron chi connectivity index (χ3n) is 4.46. The quantitative estimate of drug-likeness (QED) is 0.354. The molecular weight excluding hydrogens is 360 g/mol. The molecule has 0 saturated heterocycles. The van der Waals surface area contributed by atoms with Crippen LogP contribution in [0.2, 0.25) is 0 Å². The van der Waals surface area contributed by atoms with Crippen LogP contribution < -0.4 is 0 Å². The smallest absolute Gasteiger partial charge is 0.0321 e. The zero-order valence-electron chi connectivity index (χ0n) is 18.2. The van der Waals surface area contributed by atoms with Crippen molar-refractivity contribution in [2.24, 2.45) is 0 Å². The van der Waals surface area contributed by atoms with E-state index in [-0.39, 0.29) is 0 Å². The first-order valence-corrected chi connectivity index (χ1v) is 10.8. The van der Waals surface area contributed by atoms with E-state index >= 15 is 0 Å². The van der Waals surface area contributed by atoms with Crippen LogP contribution in [0.15, 0.2) is 60.7 Å². The van der Waals surface area contributed by atoms with Gasteiger partial charge in [-0.1, -0.05) is 98.6 Å². The van der Waals surface area contributed by atoms with Crippen LogP contribution in [0.4, 0.5) is 0 Å². The fourth-order valence-corrected chi connectivity index (χ4v) is 2.70. The summed E-state index contributed by atoms with van der Waals surface area (Å²) >= 11 is 0. The molecule has 30 heavy (non-hydrogen) atoms. The molecule has 0 bridgehead atoms. The first kappa shape index (κ1) is 22.9.